The highest BCUT2D eigenvalue weighted by atomic mass is 32.1. The average Bonchev–Trinajstić information content (AvgIpc) is 2.84. The van der Waals surface area contributed by atoms with Gasteiger partial charge in [0.1, 0.15) is 6.61 Å². The molecule has 5 nitrogen and oxygen atoms in total. The first-order chi connectivity index (χ1) is 8.22. The third-order valence-corrected chi connectivity index (χ3v) is 3.13. The van der Waals surface area contributed by atoms with Crippen molar-refractivity contribution in [1.82, 2.24) is 10.3 Å². The Morgan fingerprint density at radius 2 is 2.53 bits per heavy atom. The van der Waals surface area contributed by atoms with E-state index in [0.717, 1.165) is 24.1 Å². The molecule has 1 atom stereocenters. The second-order valence-corrected chi connectivity index (χ2v) is 4.75. The summed E-state index contributed by atoms with van der Waals surface area (Å²) in [6.07, 6.45) is 4.08. The SMILES string of the molecule is CC[C@H](N)CCCNC(=O)OCc1cncs1. The van der Waals surface area contributed by atoms with Gasteiger partial charge in [0.15, 0.2) is 0 Å². The fourth-order valence-corrected chi connectivity index (χ4v) is 1.77. The highest BCUT2D eigenvalue weighted by Gasteiger charge is 2.03. The minimum absolute atomic E-state index is 0.227. The Bertz CT molecular complexity index is 317. The molecule has 0 aromatic carbocycles. The summed E-state index contributed by atoms with van der Waals surface area (Å²) in [7, 11) is 0. The van der Waals surface area contributed by atoms with Crippen molar-refractivity contribution in [2.24, 2.45) is 5.73 Å². The van der Waals surface area contributed by atoms with Crippen molar-refractivity contribution in [3.63, 3.8) is 0 Å². The fourth-order valence-electron chi connectivity index (χ4n) is 1.26. The minimum Gasteiger partial charge on any atom is -0.444 e. The first kappa shape index (κ1) is 13.9. The summed E-state index contributed by atoms with van der Waals surface area (Å²) in [5.41, 5.74) is 7.47. The monoisotopic (exact) mass is 257 g/mol. The van der Waals surface area contributed by atoms with Crippen LogP contribution in [0.2, 0.25) is 0 Å². The lowest BCUT2D eigenvalue weighted by molar-refractivity contribution is 0.140. The van der Waals surface area contributed by atoms with Crippen molar-refractivity contribution in [2.45, 2.75) is 38.8 Å². The third kappa shape index (κ3) is 6.23. The van der Waals surface area contributed by atoms with Gasteiger partial charge in [0.25, 0.3) is 0 Å². The average molecular weight is 257 g/mol. The number of hydrogen-bond donors (Lipinski definition) is 2. The van der Waals surface area contributed by atoms with Crippen molar-refractivity contribution >= 4 is 17.4 Å². The number of hydrogen-bond acceptors (Lipinski definition) is 5. The van der Waals surface area contributed by atoms with E-state index in [9.17, 15) is 4.79 Å². The van der Waals surface area contributed by atoms with E-state index in [0.29, 0.717) is 6.54 Å². The molecule has 17 heavy (non-hydrogen) atoms. The number of aromatic nitrogens is 1. The van der Waals surface area contributed by atoms with Crippen LogP contribution in [0.15, 0.2) is 11.7 Å². The van der Waals surface area contributed by atoms with E-state index < -0.39 is 0 Å². The number of nitrogens with two attached hydrogens (primary N) is 1. The summed E-state index contributed by atoms with van der Waals surface area (Å²) >= 11 is 1.47. The van der Waals surface area contributed by atoms with Gasteiger partial charge in [0, 0.05) is 18.8 Å². The summed E-state index contributed by atoms with van der Waals surface area (Å²) in [5, 5.41) is 2.69. The van der Waals surface area contributed by atoms with Gasteiger partial charge in [-0.3, -0.25) is 4.98 Å². The number of amides is 1. The van der Waals surface area contributed by atoms with E-state index in [4.69, 9.17) is 10.5 Å². The number of thiazole rings is 1. The number of rotatable bonds is 7. The topological polar surface area (TPSA) is 77.2 Å². The van der Waals surface area contributed by atoms with Crippen LogP contribution in [0.1, 0.15) is 31.1 Å². The Labute approximate surface area is 105 Å². The molecule has 0 saturated carbocycles. The van der Waals surface area contributed by atoms with E-state index in [-0.39, 0.29) is 18.7 Å². The first-order valence-corrected chi connectivity index (χ1v) is 6.64. The number of ether oxygens (including phenoxy) is 1. The molecule has 96 valence electrons. The van der Waals surface area contributed by atoms with Crippen LogP contribution in [0.25, 0.3) is 0 Å². The quantitative estimate of drug-likeness (QED) is 0.731. The van der Waals surface area contributed by atoms with Crippen LogP contribution in [0.5, 0.6) is 0 Å². The maximum absolute atomic E-state index is 11.3. The number of carbonyl (C=O) groups excluding carboxylic acids is 1. The van der Waals surface area contributed by atoms with Crippen LogP contribution in [0.3, 0.4) is 0 Å². The largest absolute Gasteiger partial charge is 0.444 e. The number of nitrogens with one attached hydrogen (secondary N) is 1. The standard InChI is InChI=1S/C11H19N3O2S/c1-2-9(12)4-3-5-14-11(15)16-7-10-6-13-8-17-10/h6,8-9H,2-5,7,12H2,1H3,(H,14,15)/t9-/m0/s1. The van der Waals surface area contributed by atoms with E-state index >= 15 is 0 Å². The molecule has 3 N–H and O–H groups in total. The zero-order valence-corrected chi connectivity index (χ0v) is 10.8. The van der Waals surface area contributed by atoms with Crippen LogP contribution in [-0.4, -0.2) is 23.7 Å². The molecule has 0 bridgehead atoms. The fraction of sp³-hybridized carbons (Fsp3) is 0.636. The summed E-state index contributed by atoms with van der Waals surface area (Å²) in [6.45, 7) is 2.95. The van der Waals surface area contributed by atoms with Gasteiger partial charge in [-0.2, -0.15) is 0 Å². The maximum Gasteiger partial charge on any atom is 0.407 e. The predicted molar refractivity (Wildman–Crippen MR) is 67.8 cm³/mol. The molecule has 0 aliphatic carbocycles. The van der Waals surface area contributed by atoms with Gasteiger partial charge in [0.2, 0.25) is 0 Å². The number of carbonyl (C=O) groups is 1. The summed E-state index contributed by atoms with van der Waals surface area (Å²) in [6, 6.07) is 0.227. The number of nitrogens with zero attached hydrogens (tertiary/aromatic N) is 1. The predicted octanol–water partition coefficient (Wildman–Crippen LogP) is 1.89. The van der Waals surface area contributed by atoms with E-state index in [1.807, 2.05) is 0 Å². The van der Waals surface area contributed by atoms with Crippen LogP contribution in [0, 0.1) is 0 Å². The minimum atomic E-state index is -0.386. The molecule has 1 rings (SSSR count). The van der Waals surface area contributed by atoms with Crippen LogP contribution < -0.4 is 11.1 Å². The molecule has 1 heterocycles. The molecule has 1 aromatic heterocycles. The Balaban J connectivity index is 2.02. The van der Waals surface area contributed by atoms with Crippen molar-refractivity contribution < 1.29 is 9.53 Å². The lowest BCUT2D eigenvalue weighted by Crippen LogP contribution is -2.27. The third-order valence-electron chi connectivity index (χ3n) is 2.37. The highest BCUT2D eigenvalue weighted by Crippen LogP contribution is 2.06. The van der Waals surface area contributed by atoms with Gasteiger partial charge in [-0.05, 0) is 19.3 Å². The molecular formula is C11H19N3O2S. The second-order valence-electron chi connectivity index (χ2n) is 3.78. The van der Waals surface area contributed by atoms with Gasteiger partial charge in [-0.15, -0.1) is 11.3 Å². The molecule has 0 aliphatic rings. The van der Waals surface area contributed by atoms with Gasteiger partial charge in [0.05, 0.1) is 10.4 Å². The Hall–Kier alpha value is -1.14. The van der Waals surface area contributed by atoms with Crippen molar-refractivity contribution in [1.29, 1.82) is 0 Å². The Morgan fingerprint density at radius 3 is 3.18 bits per heavy atom. The molecule has 1 amide bonds. The van der Waals surface area contributed by atoms with Gasteiger partial charge >= 0.3 is 6.09 Å². The molecule has 6 heteroatoms. The van der Waals surface area contributed by atoms with Crippen molar-refractivity contribution in [2.75, 3.05) is 6.54 Å². The Morgan fingerprint density at radius 1 is 1.71 bits per heavy atom. The molecule has 0 saturated heterocycles. The van der Waals surface area contributed by atoms with E-state index in [1.165, 1.54) is 11.3 Å². The summed E-state index contributed by atoms with van der Waals surface area (Å²) in [5.74, 6) is 0. The zero-order valence-electron chi connectivity index (χ0n) is 10.0. The molecular weight excluding hydrogens is 238 g/mol. The Kier molecular flexibility index (Phi) is 6.57. The van der Waals surface area contributed by atoms with Crippen molar-refractivity contribution in [3.8, 4) is 0 Å². The van der Waals surface area contributed by atoms with E-state index in [1.54, 1.807) is 11.7 Å². The first-order valence-electron chi connectivity index (χ1n) is 5.76. The normalized spacial score (nSPS) is 12.1. The van der Waals surface area contributed by atoms with Gasteiger partial charge in [-0.25, -0.2) is 4.79 Å². The van der Waals surface area contributed by atoms with E-state index in [2.05, 4.69) is 17.2 Å². The molecule has 0 fully saturated rings. The summed E-state index contributed by atoms with van der Waals surface area (Å²) in [4.78, 5) is 16.1. The second kappa shape index (κ2) is 8.03. The molecule has 0 unspecified atom stereocenters. The molecule has 1 aromatic rings. The van der Waals surface area contributed by atoms with Gasteiger partial charge in [-0.1, -0.05) is 6.92 Å². The lowest BCUT2D eigenvalue weighted by atomic mass is 10.1. The number of alkyl carbamates (subject to hydrolysis) is 1. The molecule has 0 radical (unpaired) electrons. The molecule has 0 spiro atoms. The van der Waals surface area contributed by atoms with Crippen LogP contribution in [-0.2, 0) is 11.3 Å². The summed E-state index contributed by atoms with van der Waals surface area (Å²) < 4.78 is 5.01. The van der Waals surface area contributed by atoms with Crippen LogP contribution >= 0.6 is 11.3 Å². The van der Waals surface area contributed by atoms with Gasteiger partial charge < -0.3 is 15.8 Å². The van der Waals surface area contributed by atoms with Crippen molar-refractivity contribution in [3.05, 3.63) is 16.6 Å². The lowest BCUT2D eigenvalue weighted by Gasteiger charge is -2.09. The highest BCUT2D eigenvalue weighted by molar-refractivity contribution is 7.09. The van der Waals surface area contributed by atoms with Crippen LogP contribution in [0.4, 0.5) is 4.79 Å². The smallest absolute Gasteiger partial charge is 0.407 e. The molecule has 0 aliphatic heterocycles. The maximum atomic E-state index is 11.3. The zero-order chi connectivity index (χ0) is 12.5.